The molecule has 1 aromatic rings. The topological polar surface area (TPSA) is 49.4 Å². The number of aryl methyl sites for hydroxylation is 1. The van der Waals surface area contributed by atoms with Crippen LogP contribution in [0, 0.1) is 6.92 Å². The van der Waals surface area contributed by atoms with Crippen molar-refractivity contribution in [3.8, 4) is 0 Å². The Kier molecular flexibility index (Phi) is 5.37. The third kappa shape index (κ3) is 4.59. The van der Waals surface area contributed by atoms with Crippen LogP contribution < -0.4 is 10.2 Å². The monoisotopic (exact) mass is 288 g/mol. The first-order valence-corrected chi connectivity index (χ1v) is 7.70. The summed E-state index contributed by atoms with van der Waals surface area (Å²) >= 11 is 0. The molecule has 1 N–H and O–H groups in total. The second kappa shape index (κ2) is 7.25. The first kappa shape index (κ1) is 15.5. The van der Waals surface area contributed by atoms with Crippen molar-refractivity contribution < 1.29 is 9.59 Å². The van der Waals surface area contributed by atoms with Crippen molar-refractivity contribution in [2.45, 2.75) is 52.0 Å². The number of rotatable bonds is 5. The van der Waals surface area contributed by atoms with Crippen LogP contribution in [0.25, 0.3) is 0 Å². The molecule has 1 fully saturated rings. The average Bonchev–Trinajstić information content (AvgIpc) is 2.93. The Morgan fingerprint density at radius 3 is 2.38 bits per heavy atom. The van der Waals surface area contributed by atoms with Crippen LogP contribution in [-0.4, -0.2) is 24.4 Å². The van der Waals surface area contributed by atoms with Gasteiger partial charge in [0.05, 0.1) is 0 Å². The first-order valence-electron chi connectivity index (χ1n) is 7.70. The molecule has 21 heavy (non-hydrogen) atoms. The largest absolute Gasteiger partial charge is 0.353 e. The highest BCUT2D eigenvalue weighted by Crippen LogP contribution is 2.18. The molecule has 2 rings (SSSR count). The van der Waals surface area contributed by atoms with Gasteiger partial charge in [-0.1, -0.05) is 30.5 Å². The van der Waals surface area contributed by atoms with Gasteiger partial charge in [0.25, 0.3) is 0 Å². The Balaban J connectivity index is 1.89. The summed E-state index contributed by atoms with van der Waals surface area (Å²) in [6.07, 6.45) is 4.92. The maximum Gasteiger partial charge on any atom is 0.223 e. The molecule has 0 bridgehead atoms. The SMILES string of the molecule is CC(=O)N(CCC(=O)NC1CCCC1)c1ccc(C)cc1. The van der Waals surface area contributed by atoms with Crippen molar-refractivity contribution in [2.75, 3.05) is 11.4 Å². The number of benzene rings is 1. The molecule has 4 heteroatoms. The van der Waals surface area contributed by atoms with E-state index in [0.717, 1.165) is 24.1 Å². The summed E-state index contributed by atoms with van der Waals surface area (Å²) in [5.74, 6) is 0.00720. The molecule has 1 aromatic carbocycles. The van der Waals surface area contributed by atoms with E-state index in [2.05, 4.69) is 5.32 Å². The standard InChI is InChI=1S/C17H24N2O2/c1-13-7-9-16(10-8-13)19(14(2)20)12-11-17(21)18-15-5-3-4-6-15/h7-10,15H,3-6,11-12H2,1-2H3,(H,18,21). The number of hydrogen-bond acceptors (Lipinski definition) is 2. The Labute approximate surface area is 126 Å². The van der Waals surface area contributed by atoms with Gasteiger partial charge in [0.15, 0.2) is 0 Å². The molecule has 0 heterocycles. The van der Waals surface area contributed by atoms with Gasteiger partial charge in [-0.15, -0.1) is 0 Å². The highest BCUT2D eigenvalue weighted by Gasteiger charge is 2.18. The highest BCUT2D eigenvalue weighted by atomic mass is 16.2. The molecule has 0 spiro atoms. The van der Waals surface area contributed by atoms with Crippen LogP contribution in [0.2, 0.25) is 0 Å². The third-order valence-electron chi connectivity index (χ3n) is 4.01. The van der Waals surface area contributed by atoms with E-state index >= 15 is 0 Å². The molecule has 0 radical (unpaired) electrons. The lowest BCUT2D eigenvalue weighted by molar-refractivity contribution is -0.121. The lowest BCUT2D eigenvalue weighted by Gasteiger charge is -2.21. The van der Waals surface area contributed by atoms with E-state index in [4.69, 9.17) is 0 Å². The second-order valence-corrected chi connectivity index (χ2v) is 5.81. The molecular weight excluding hydrogens is 264 g/mol. The van der Waals surface area contributed by atoms with Gasteiger partial charge in [0.2, 0.25) is 11.8 Å². The minimum atomic E-state index is -0.0347. The third-order valence-corrected chi connectivity index (χ3v) is 4.01. The maximum absolute atomic E-state index is 12.0. The van der Waals surface area contributed by atoms with Gasteiger partial charge < -0.3 is 10.2 Å². The number of amides is 2. The van der Waals surface area contributed by atoms with E-state index in [1.54, 1.807) is 4.90 Å². The van der Waals surface area contributed by atoms with Crippen molar-refractivity contribution in [3.05, 3.63) is 29.8 Å². The van der Waals surface area contributed by atoms with Crippen LogP contribution in [0.5, 0.6) is 0 Å². The van der Waals surface area contributed by atoms with Gasteiger partial charge in [0, 0.05) is 31.6 Å². The Morgan fingerprint density at radius 1 is 1.19 bits per heavy atom. The van der Waals surface area contributed by atoms with Crippen molar-refractivity contribution in [1.82, 2.24) is 5.32 Å². The molecule has 0 aliphatic heterocycles. The zero-order valence-electron chi connectivity index (χ0n) is 12.9. The number of carbonyl (C=O) groups excluding carboxylic acids is 2. The van der Waals surface area contributed by atoms with Crippen LogP contribution in [-0.2, 0) is 9.59 Å². The van der Waals surface area contributed by atoms with E-state index in [-0.39, 0.29) is 11.8 Å². The highest BCUT2D eigenvalue weighted by molar-refractivity contribution is 5.92. The zero-order valence-corrected chi connectivity index (χ0v) is 12.9. The van der Waals surface area contributed by atoms with Gasteiger partial charge in [0.1, 0.15) is 0 Å². The lowest BCUT2D eigenvalue weighted by atomic mass is 10.2. The predicted octanol–water partition coefficient (Wildman–Crippen LogP) is 2.80. The Morgan fingerprint density at radius 2 is 1.81 bits per heavy atom. The molecule has 0 aromatic heterocycles. The fraction of sp³-hybridized carbons (Fsp3) is 0.529. The van der Waals surface area contributed by atoms with Gasteiger partial charge >= 0.3 is 0 Å². The van der Waals surface area contributed by atoms with E-state index in [1.807, 2.05) is 31.2 Å². The number of hydrogen-bond donors (Lipinski definition) is 1. The van der Waals surface area contributed by atoms with Crippen LogP contribution >= 0.6 is 0 Å². The number of anilines is 1. The molecular formula is C17H24N2O2. The molecule has 0 saturated heterocycles. The molecule has 2 amide bonds. The van der Waals surface area contributed by atoms with E-state index < -0.39 is 0 Å². The lowest BCUT2D eigenvalue weighted by Crippen LogP contribution is -2.37. The summed E-state index contributed by atoms with van der Waals surface area (Å²) in [6.45, 7) is 3.97. The minimum Gasteiger partial charge on any atom is -0.353 e. The van der Waals surface area contributed by atoms with Gasteiger partial charge in [-0.3, -0.25) is 9.59 Å². The van der Waals surface area contributed by atoms with Gasteiger partial charge in [-0.05, 0) is 31.9 Å². The van der Waals surface area contributed by atoms with Crippen LogP contribution in [0.1, 0.15) is 44.6 Å². The normalized spacial score (nSPS) is 15.0. The van der Waals surface area contributed by atoms with E-state index in [0.29, 0.717) is 19.0 Å². The molecule has 1 aliphatic rings. The minimum absolute atomic E-state index is 0.0347. The van der Waals surface area contributed by atoms with Crippen molar-refractivity contribution >= 4 is 17.5 Å². The van der Waals surface area contributed by atoms with Crippen LogP contribution in [0.4, 0.5) is 5.69 Å². The summed E-state index contributed by atoms with van der Waals surface area (Å²) in [7, 11) is 0. The van der Waals surface area contributed by atoms with Gasteiger partial charge in [-0.25, -0.2) is 0 Å². The Hall–Kier alpha value is -1.84. The molecule has 4 nitrogen and oxygen atoms in total. The number of nitrogens with one attached hydrogen (secondary N) is 1. The molecule has 114 valence electrons. The zero-order chi connectivity index (χ0) is 15.2. The van der Waals surface area contributed by atoms with E-state index in [1.165, 1.54) is 19.8 Å². The van der Waals surface area contributed by atoms with Crippen LogP contribution in [0.3, 0.4) is 0 Å². The van der Waals surface area contributed by atoms with Gasteiger partial charge in [-0.2, -0.15) is 0 Å². The van der Waals surface area contributed by atoms with Crippen molar-refractivity contribution in [1.29, 1.82) is 0 Å². The molecule has 0 unspecified atom stereocenters. The molecule has 0 atom stereocenters. The van der Waals surface area contributed by atoms with Crippen molar-refractivity contribution in [2.24, 2.45) is 0 Å². The Bertz CT molecular complexity index is 490. The average molecular weight is 288 g/mol. The molecule has 1 aliphatic carbocycles. The summed E-state index contributed by atoms with van der Waals surface area (Å²) < 4.78 is 0. The summed E-state index contributed by atoms with van der Waals surface area (Å²) in [4.78, 5) is 25.4. The quantitative estimate of drug-likeness (QED) is 0.905. The number of carbonyl (C=O) groups is 2. The smallest absolute Gasteiger partial charge is 0.223 e. The fourth-order valence-corrected chi connectivity index (χ4v) is 2.78. The van der Waals surface area contributed by atoms with Crippen molar-refractivity contribution in [3.63, 3.8) is 0 Å². The fourth-order valence-electron chi connectivity index (χ4n) is 2.78. The molecule has 1 saturated carbocycles. The maximum atomic E-state index is 12.0. The summed E-state index contributed by atoms with van der Waals surface area (Å²) in [5, 5.41) is 3.06. The van der Waals surface area contributed by atoms with E-state index in [9.17, 15) is 9.59 Å². The second-order valence-electron chi connectivity index (χ2n) is 5.81. The number of nitrogens with zero attached hydrogens (tertiary/aromatic N) is 1. The predicted molar refractivity (Wildman–Crippen MR) is 84.2 cm³/mol. The summed E-state index contributed by atoms with van der Waals surface area (Å²) in [6, 6.07) is 8.13. The van der Waals surface area contributed by atoms with Crippen LogP contribution in [0.15, 0.2) is 24.3 Å². The first-order chi connectivity index (χ1) is 10.1. The summed E-state index contributed by atoms with van der Waals surface area (Å²) in [5.41, 5.74) is 2.00.